The number of aromatic nitrogens is 3. The summed E-state index contributed by atoms with van der Waals surface area (Å²) in [7, 11) is -1.98. The SMILES string of the molecule is [Br-].c1ccc([P+](Cc2ccc(-c3cc(-c4ccccn4)nc(-c4ccccn4)c3)cc2)(c2ccccc2)c2ccccc2)cc1. The quantitative estimate of drug-likeness (QED) is 0.205. The molecule has 0 aliphatic heterocycles. The molecule has 0 aliphatic carbocycles. The number of halogens is 1. The van der Waals surface area contributed by atoms with Crippen LogP contribution in [0.3, 0.4) is 0 Å². The van der Waals surface area contributed by atoms with E-state index in [2.05, 4.69) is 137 Å². The molecule has 3 nitrogen and oxygen atoms in total. The third-order valence-corrected chi connectivity index (χ3v) is 12.4. The van der Waals surface area contributed by atoms with Crippen LogP contribution in [0.5, 0.6) is 0 Å². The Kier molecular flexibility index (Phi) is 9.35. The maximum atomic E-state index is 4.95. The van der Waals surface area contributed by atoms with Gasteiger partial charge in [0.05, 0.1) is 28.9 Å². The number of rotatable bonds is 8. The summed E-state index contributed by atoms with van der Waals surface area (Å²) in [6.07, 6.45) is 4.54. The van der Waals surface area contributed by atoms with Crippen LogP contribution in [0.2, 0.25) is 0 Å². The zero-order valence-corrected chi connectivity index (χ0v) is 27.1. The van der Waals surface area contributed by atoms with Crippen molar-refractivity contribution in [1.82, 2.24) is 15.0 Å². The number of benzene rings is 4. The lowest BCUT2D eigenvalue weighted by Gasteiger charge is -2.28. The van der Waals surface area contributed by atoms with Gasteiger partial charge in [-0.15, -0.1) is 0 Å². The fourth-order valence-electron chi connectivity index (χ4n) is 5.83. The van der Waals surface area contributed by atoms with E-state index in [0.717, 1.165) is 40.1 Å². The highest BCUT2D eigenvalue weighted by Gasteiger charge is 2.45. The fraction of sp³-hybridized carbons (Fsp3) is 0.0250. The first kappa shape index (κ1) is 30.3. The van der Waals surface area contributed by atoms with Crippen LogP contribution < -0.4 is 32.9 Å². The average Bonchev–Trinajstić information content (AvgIpc) is 3.12. The molecule has 0 aliphatic rings. The lowest BCUT2D eigenvalue weighted by Crippen LogP contribution is -3.00. The van der Waals surface area contributed by atoms with Gasteiger partial charge in [-0.05, 0) is 89.5 Å². The van der Waals surface area contributed by atoms with Crippen LogP contribution in [0.1, 0.15) is 5.56 Å². The zero-order valence-electron chi connectivity index (χ0n) is 24.6. The van der Waals surface area contributed by atoms with Crippen LogP contribution >= 0.6 is 7.26 Å². The van der Waals surface area contributed by atoms with E-state index < -0.39 is 7.26 Å². The minimum atomic E-state index is -1.98. The van der Waals surface area contributed by atoms with Crippen molar-refractivity contribution in [2.24, 2.45) is 0 Å². The van der Waals surface area contributed by atoms with Crippen LogP contribution in [-0.2, 0) is 6.16 Å². The van der Waals surface area contributed by atoms with Crippen molar-refractivity contribution >= 4 is 23.2 Å². The first-order valence-corrected chi connectivity index (χ1v) is 16.8. The molecule has 7 aromatic rings. The van der Waals surface area contributed by atoms with E-state index in [0.29, 0.717) is 0 Å². The average molecular weight is 665 g/mol. The summed E-state index contributed by atoms with van der Waals surface area (Å²) >= 11 is 0. The third kappa shape index (κ3) is 6.40. The molecule has 3 heterocycles. The van der Waals surface area contributed by atoms with Gasteiger partial charge in [0.25, 0.3) is 0 Å². The van der Waals surface area contributed by atoms with Gasteiger partial charge in [0, 0.05) is 12.4 Å². The Morgan fingerprint density at radius 2 is 0.822 bits per heavy atom. The number of nitrogens with zero attached hydrogens (tertiary/aromatic N) is 3. The Labute approximate surface area is 275 Å². The van der Waals surface area contributed by atoms with Crippen LogP contribution in [0, 0.1) is 0 Å². The largest absolute Gasteiger partial charge is 1.00 e. The molecule has 0 spiro atoms. The number of hydrogen-bond acceptors (Lipinski definition) is 3. The van der Waals surface area contributed by atoms with Gasteiger partial charge in [-0.1, -0.05) is 91.0 Å². The summed E-state index contributed by atoms with van der Waals surface area (Å²) in [5.74, 6) is 0. The molecule has 218 valence electrons. The molecule has 0 saturated carbocycles. The lowest BCUT2D eigenvalue weighted by molar-refractivity contribution is -0.00000863. The predicted octanol–water partition coefficient (Wildman–Crippen LogP) is 5.37. The molecule has 0 radical (unpaired) electrons. The Hall–Kier alpha value is -4.76. The van der Waals surface area contributed by atoms with Gasteiger partial charge in [0.1, 0.15) is 23.2 Å². The van der Waals surface area contributed by atoms with E-state index >= 15 is 0 Å². The molecule has 5 heteroatoms. The minimum Gasteiger partial charge on any atom is -1.00 e. The molecule has 4 aromatic carbocycles. The highest BCUT2D eigenvalue weighted by molar-refractivity contribution is 7.95. The van der Waals surface area contributed by atoms with Crippen molar-refractivity contribution in [2.75, 3.05) is 0 Å². The fourth-order valence-corrected chi connectivity index (χ4v) is 10.1. The van der Waals surface area contributed by atoms with Crippen molar-refractivity contribution in [3.63, 3.8) is 0 Å². The molecule has 45 heavy (non-hydrogen) atoms. The van der Waals surface area contributed by atoms with Gasteiger partial charge in [-0.3, -0.25) is 9.97 Å². The van der Waals surface area contributed by atoms with Crippen molar-refractivity contribution < 1.29 is 17.0 Å². The third-order valence-electron chi connectivity index (χ3n) is 7.98. The van der Waals surface area contributed by atoms with Crippen molar-refractivity contribution in [3.8, 4) is 33.9 Å². The van der Waals surface area contributed by atoms with E-state index in [9.17, 15) is 0 Å². The summed E-state index contributed by atoms with van der Waals surface area (Å²) in [5, 5.41) is 4.15. The van der Waals surface area contributed by atoms with Crippen molar-refractivity contribution in [3.05, 3.63) is 182 Å². The van der Waals surface area contributed by atoms with E-state index in [1.807, 2.05) is 36.4 Å². The Morgan fingerprint density at radius 3 is 1.22 bits per heavy atom. The molecule has 0 N–H and O–H groups in total. The molecule has 0 fully saturated rings. The molecule has 0 amide bonds. The van der Waals surface area contributed by atoms with E-state index in [1.165, 1.54) is 21.5 Å². The summed E-state index contributed by atoms with van der Waals surface area (Å²) in [6, 6.07) is 58.3. The molecular weight excluding hydrogens is 633 g/mol. The Bertz CT molecular complexity index is 1800. The summed E-state index contributed by atoms with van der Waals surface area (Å²) in [6.45, 7) is 0. The first-order chi connectivity index (χ1) is 21.8. The maximum absolute atomic E-state index is 4.95. The molecule has 3 aromatic heterocycles. The first-order valence-electron chi connectivity index (χ1n) is 14.8. The van der Waals surface area contributed by atoms with Gasteiger partial charge >= 0.3 is 0 Å². The van der Waals surface area contributed by atoms with Gasteiger partial charge in [0.2, 0.25) is 0 Å². The van der Waals surface area contributed by atoms with Crippen LogP contribution in [0.4, 0.5) is 0 Å². The summed E-state index contributed by atoms with van der Waals surface area (Å²) in [4.78, 5) is 14.1. The van der Waals surface area contributed by atoms with Gasteiger partial charge in [-0.25, -0.2) is 4.98 Å². The Balaban J connectivity index is 0.00000357. The van der Waals surface area contributed by atoms with Crippen molar-refractivity contribution in [1.29, 1.82) is 0 Å². The topological polar surface area (TPSA) is 38.7 Å². The normalized spacial score (nSPS) is 11.0. The second kappa shape index (κ2) is 13.9. The minimum absolute atomic E-state index is 0. The smallest absolute Gasteiger partial charge is 0.116 e. The summed E-state index contributed by atoms with van der Waals surface area (Å²) in [5.41, 5.74) is 6.86. The second-order valence-electron chi connectivity index (χ2n) is 10.7. The van der Waals surface area contributed by atoms with Crippen molar-refractivity contribution in [2.45, 2.75) is 6.16 Å². The van der Waals surface area contributed by atoms with Gasteiger partial charge in [-0.2, -0.15) is 0 Å². The van der Waals surface area contributed by atoms with E-state index in [-0.39, 0.29) is 17.0 Å². The standard InChI is InChI=1S/C40H31N3P.BrH/c1-4-14-34(15-5-1)44(35-16-6-2-7-17-35,36-18-8-3-9-19-36)30-31-22-24-32(25-23-31)33-28-39(37-20-10-12-26-41-37)43-40(29-33)38-21-11-13-27-42-38;/h1-29H,30H2;1H/q+1;/p-1. The lowest BCUT2D eigenvalue weighted by atomic mass is 10.0. The number of pyridine rings is 3. The van der Waals surface area contributed by atoms with Crippen LogP contribution in [-0.4, -0.2) is 15.0 Å². The van der Waals surface area contributed by atoms with E-state index in [4.69, 9.17) is 4.98 Å². The van der Waals surface area contributed by atoms with Gasteiger partial charge in [0.15, 0.2) is 0 Å². The monoisotopic (exact) mass is 663 g/mol. The molecule has 0 saturated heterocycles. The highest BCUT2D eigenvalue weighted by atomic mass is 79.9. The second-order valence-corrected chi connectivity index (χ2v) is 14.2. The molecule has 0 atom stereocenters. The molecule has 0 unspecified atom stereocenters. The zero-order chi connectivity index (χ0) is 29.6. The van der Waals surface area contributed by atoms with Crippen LogP contribution in [0.25, 0.3) is 33.9 Å². The summed E-state index contributed by atoms with van der Waals surface area (Å²) < 4.78 is 0. The predicted molar refractivity (Wildman–Crippen MR) is 185 cm³/mol. The molecular formula is C40H31BrN3P. The molecule has 7 rings (SSSR count). The number of hydrogen-bond donors (Lipinski definition) is 0. The maximum Gasteiger partial charge on any atom is 0.116 e. The van der Waals surface area contributed by atoms with Gasteiger partial charge < -0.3 is 17.0 Å². The van der Waals surface area contributed by atoms with Crippen LogP contribution in [0.15, 0.2) is 176 Å². The Morgan fingerprint density at radius 1 is 0.400 bits per heavy atom. The van der Waals surface area contributed by atoms with E-state index in [1.54, 1.807) is 12.4 Å². The molecule has 0 bridgehead atoms. The highest BCUT2D eigenvalue weighted by Crippen LogP contribution is 2.58.